The predicted molar refractivity (Wildman–Crippen MR) is 50.5 cm³/mol. The topological polar surface area (TPSA) is 50.4 Å². The van der Waals surface area contributed by atoms with Gasteiger partial charge in [-0.25, -0.2) is 0 Å². The van der Waals surface area contributed by atoms with E-state index < -0.39 is 0 Å². The van der Waals surface area contributed by atoms with Gasteiger partial charge >= 0.3 is 0 Å². The van der Waals surface area contributed by atoms with Crippen LogP contribution < -0.4 is 10.6 Å². The van der Waals surface area contributed by atoms with Crippen LogP contribution in [0.15, 0.2) is 0 Å². The van der Waals surface area contributed by atoms with E-state index in [1.807, 2.05) is 7.05 Å². The maximum Gasteiger partial charge on any atom is 0.221 e. The first-order chi connectivity index (χ1) is 6.33. The lowest BCUT2D eigenvalue weighted by Crippen LogP contribution is -2.41. The molecule has 0 aromatic carbocycles. The Morgan fingerprint density at radius 3 is 3.08 bits per heavy atom. The smallest absolute Gasteiger partial charge is 0.221 e. The second kappa shape index (κ2) is 5.94. The summed E-state index contributed by atoms with van der Waals surface area (Å²) in [5.74, 6) is 0.116. The largest absolute Gasteiger partial charge is 0.379 e. The minimum absolute atomic E-state index is 0.116. The predicted octanol–water partition coefficient (Wildman–Crippen LogP) is -0.109. The molecule has 0 aliphatic carbocycles. The van der Waals surface area contributed by atoms with Gasteiger partial charge in [-0.05, 0) is 19.9 Å². The molecule has 1 rings (SSSR count). The second-order valence-electron chi connectivity index (χ2n) is 3.34. The summed E-state index contributed by atoms with van der Waals surface area (Å²) in [6, 6.07) is 0.234. The van der Waals surface area contributed by atoms with Gasteiger partial charge < -0.3 is 15.4 Å². The van der Waals surface area contributed by atoms with E-state index in [4.69, 9.17) is 4.74 Å². The maximum atomic E-state index is 11.3. The summed E-state index contributed by atoms with van der Waals surface area (Å²) < 4.78 is 5.26. The van der Waals surface area contributed by atoms with E-state index in [1.165, 1.54) is 0 Å². The minimum atomic E-state index is 0.116. The summed E-state index contributed by atoms with van der Waals surface area (Å²) in [4.78, 5) is 11.3. The molecule has 1 unspecified atom stereocenters. The molecular weight excluding hydrogens is 168 g/mol. The van der Waals surface area contributed by atoms with Gasteiger partial charge in [-0.15, -0.1) is 0 Å². The molecule has 4 nitrogen and oxygen atoms in total. The van der Waals surface area contributed by atoms with Gasteiger partial charge in [-0.1, -0.05) is 0 Å². The van der Waals surface area contributed by atoms with Crippen molar-refractivity contribution >= 4 is 5.91 Å². The fraction of sp³-hybridized carbons (Fsp3) is 0.889. The number of amides is 1. The zero-order chi connectivity index (χ0) is 9.52. The highest BCUT2D eigenvalue weighted by Gasteiger charge is 2.15. The van der Waals surface area contributed by atoms with Gasteiger partial charge in [0.2, 0.25) is 5.91 Å². The molecule has 1 heterocycles. The van der Waals surface area contributed by atoms with Crippen LogP contribution in [0.4, 0.5) is 0 Å². The van der Waals surface area contributed by atoms with Crippen LogP contribution in [-0.4, -0.2) is 38.8 Å². The van der Waals surface area contributed by atoms with Gasteiger partial charge in [0.05, 0.1) is 12.6 Å². The third-order valence-corrected chi connectivity index (χ3v) is 2.13. The summed E-state index contributed by atoms with van der Waals surface area (Å²) in [6.45, 7) is 2.24. The van der Waals surface area contributed by atoms with Crippen molar-refractivity contribution < 1.29 is 9.53 Å². The second-order valence-corrected chi connectivity index (χ2v) is 3.34. The molecule has 0 aromatic rings. The highest BCUT2D eigenvalue weighted by Crippen LogP contribution is 2.05. The third-order valence-electron chi connectivity index (χ3n) is 2.13. The molecule has 0 bridgehead atoms. The summed E-state index contributed by atoms with van der Waals surface area (Å²) in [5.41, 5.74) is 0. The van der Waals surface area contributed by atoms with Gasteiger partial charge in [-0.3, -0.25) is 4.79 Å². The van der Waals surface area contributed by atoms with Crippen LogP contribution in [0, 0.1) is 0 Å². The molecule has 0 saturated carbocycles. The third kappa shape index (κ3) is 4.24. The summed E-state index contributed by atoms with van der Waals surface area (Å²) in [6.07, 6.45) is 2.65. The highest BCUT2D eigenvalue weighted by molar-refractivity contribution is 5.76. The average Bonchev–Trinajstić information content (AvgIpc) is 2.16. The van der Waals surface area contributed by atoms with Gasteiger partial charge in [0.25, 0.3) is 0 Å². The van der Waals surface area contributed by atoms with Crippen molar-refractivity contribution in [2.75, 3.05) is 26.8 Å². The Hall–Kier alpha value is -0.610. The van der Waals surface area contributed by atoms with Crippen molar-refractivity contribution in [2.45, 2.75) is 25.3 Å². The number of ether oxygens (including phenoxy) is 1. The van der Waals surface area contributed by atoms with Crippen LogP contribution >= 0.6 is 0 Å². The normalized spacial score (nSPS) is 22.7. The SMILES string of the molecule is CNCCC(=O)NC1CCCOC1. The molecular formula is C9H18N2O2. The fourth-order valence-electron chi connectivity index (χ4n) is 1.39. The Kier molecular flexibility index (Phi) is 4.78. The van der Waals surface area contributed by atoms with Gasteiger partial charge in [0.15, 0.2) is 0 Å². The number of hydrogen-bond donors (Lipinski definition) is 2. The molecule has 1 amide bonds. The van der Waals surface area contributed by atoms with Crippen molar-refractivity contribution in [3.8, 4) is 0 Å². The van der Waals surface area contributed by atoms with E-state index in [9.17, 15) is 4.79 Å². The molecule has 1 saturated heterocycles. The molecule has 1 fully saturated rings. The monoisotopic (exact) mass is 186 g/mol. The quantitative estimate of drug-likeness (QED) is 0.644. The average molecular weight is 186 g/mol. The molecule has 1 aliphatic heterocycles. The standard InChI is InChI=1S/C9H18N2O2/c1-10-5-4-9(12)11-8-3-2-6-13-7-8/h8,10H,2-7H2,1H3,(H,11,12). The Balaban J connectivity index is 2.11. The van der Waals surface area contributed by atoms with Crippen LogP contribution in [0.5, 0.6) is 0 Å². The number of hydrogen-bond acceptors (Lipinski definition) is 3. The maximum absolute atomic E-state index is 11.3. The van der Waals surface area contributed by atoms with Crippen LogP contribution in [0.1, 0.15) is 19.3 Å². The van der Waals surface area contributed by atoms with Crippen molar-refractivity contribution in [3.63, 3.8) is 0 Å². The Bertz CT molecular complexity index is 156. The van der Waals surface area contributed by atoms with Gasteiger partial charge in [-0.2, -0.15) is 0 Å². The minimum Gasteiger partial charge on any atom is -0.379 e. The number of nitrogens with one attached hydrogen (secondary N) is 2. The molecule has 13 heavy (non-hydrogen) atoms. The number of rotatable bonds is 4. The first kappa shape index (κ1) is 10.5. The van der Waals surface area contributed by atoms with Crippen LogP contribution in [-0.2, 0) is 9.53 Å². The van der Waals surface area contributed by atoms with E-state index in [1.54, 1.807) is 0 Å². The first-order valence-corrected chi connectivity index (χ1v) is 4.84. The first-order valence-electron chi connectivity index (χ1n) is 4.84. The molecule has 0 spiro atoms. The van der Waals surface area contributed by atoms with E-state index in [2.05, 4.69) is 10.6 Å². The van der Waals surface area contributed by atoms with Crippen LogP contribution in [0.25, 0.3) is 0 Å². The lowest BCUT2D eigenvalue weighted by molar-refractivity contribution is -0.122. The summed E-state index contributed by atoms with van der Waals surface area (Å²) in [5, 5.41) is 5.89. The number of carbonyl (C=O) groups is 1. The molecule has 1 atom stereocenters. The summed E-state index contributed by atoms with van der Waals surface area (Å²) in [7, 11) is 1.84. The van der Waals surface area contributed by atoms with Gasteiger partial charge in [0, 0.05) is 19.6 Å². The van der Waals surface area contributed by atoms with Crippen molar-refractivity contribution in [3.05, 3.63) is 0 Å². The molecule has 0 aromatic heterocycles. The Labute approximate surface area is 79.0 Å². The van der Waals surface area contributed by atoms with E-state index in [0.29, 0.717) is 13.0 Å². The lowest BCUT2D eigenvalue weighted by Gasteiger charge is -2.23. The molecule has 76 valence electrons. The van der Waals surface area contributed by atoms with Gasteiger partial charge in [0.1, 0.15) is 0 Å². The van der Waals surface area contributed by atoms with Crippen molar-refractivity contribution in [1.29, 1.82) is 0 Å². The fourth-order valence-corrected chi connectivity index (χ4v) is 1.39. The Morgan fingerprint density at radius 2 is 2.46 bits per heavy atom. The van der Waals surface area contributed by atoms with Crippen LogP contribution in [0.3, 0.4) is 0 Å². The van der Waals surface area contributed by atoms with E-state index in [0.717, 1.165) is 26.0 Å². The summed E-state index contributed by atoms with van der Waals surface area (Å²) >= 11 is 0. The van der Waals surface area contributed by atoms with Crippen molar-refractivity contribution in [1.82, 2.24) is 10.6 Å². The van der Waals surface area contributed by atoms with E-state index >= 15 is 0 Å². The lowest BCUT2D eigenvalue weighted by atomic mass is 10.1. The molecule has 0 radical (unpaired) electrons. The van der Waals surface area contributed by atoms with Crippen molar-refractivity contribution in [2.24, 2.45) is 0 Å². The zero-order valence-corrected chi connectivity index (χ0v) is 8.14. The molecule has 2 N–H and O–H groups in total. The highest BCUT2D eigenvalue weighted by atomic mass is 16.5. The molecule has 1 aliphatic rings. The molecule has 4 heteroatoms. The zero-order valence-electron chi connectivity index (χ0n) is 8.14. The van der Waals surface area contributed by atoms with Crippen LogP contribution in [0.2, 0.25) is 0 Å². The van der Waals surface area contributed by atoms with E-state index in [-0.39, 0.29) is 11.9 Å². The number of carbonyl (C=O) groups excluding carboxylic acids is 1. The Morgan fingerprint density at radius 1 is 1.62 bits per heavy atom.